The van der Waals surface area contributed by atoms with E-state index in [1.54, 1.807) is 6.26 Å². The molecule has 0 unspecified atom stereocenters. The van der Waals surface area contributed by atoms with Gasteiger partial charge in [0.25, 0.3) is 0 Å². The fourth-order valence-electron chi connectivity index (χ4n) is 1.82. The zero-order valence-electron chi connectivity index (χ0n) is 9.87. The lowest BCUT2D eigenvalue weighted by Crippen LogP contribution is -2.15. The smallest absolute Gasteiger partial charge is 0.130 e. The highest BCUT2D eigenvalue weighted by Gasteiger charge is 2.27. The minimum Gasteiger partial charge on any atom is -0.465 e. The Balaban J connectivity index is 2.47. The summed E-state index contributed by atoms with van der Waals surface area (Å²) in [5.74, 6) is 0.976. The van der Waals surface area contributed by atoms with Crippen LogP contribution in [0.1, 0.15) is 27.7 Å². The van der Waals surface area contributed by atoms with Gasteiger partial charge in [0.15, 0.2) is 0 Å². The van der Waals surface area contributed by atoms with Crippen molar-refractivity contribution >= 4 is 0 Å². The first kappa shape index (κ1) is 10.3. The van der Waals surface area contributed by atoms with Crippen LogP contribution < -0.4 is 0 Å². The third kappa shape index (κ3) is 1.92. The normalized spacial score (nSPS) is 25.9. The molecule has 1 nitrogen and oxygen atoms in total. The summed E-state index contributed by atoms with van der Waals surface area (Å²) >= 11 is 0. The third-order valence-corrected chi connectivity index (χ3v) is 2.98. The summed E-state index contributed by atoms with van der Waals surface area (Å²) in [6.07, 6.45) is 12.6. The van der Waals surface area contributed by atoms with E-state index in [1.807, 2.05) is 0 Å². The molecule has 0 bridgehead atoms. The Kier molecular flexibility index (Phi) is 2.14. The quantitative estimate of drug-likeness (QED) is 0.577. The molecule has 0 spiro atoms. The molecule has 0 amide bonds. The average molecular weight is 202 g/mol. The highest BCUT2D eigenvalue weighted by Crippen LogP contribution is 2.38. The molecular formula is C14H18O. The number of allylic oxidation sites excluding steroid dienone is 6. The van der Waals surface area contributed by atoms with E-state index in [4.69, 9.17) is 4.74 Å². The van der Waals surface area contributed by atoms with Gasteiger partial charge in [0, 0.05) is 16.4 Å². The molecule has 1 heterocycles. The highest BCUT2D eigenvalue weighted by atomic mass is 16.5. The van der Waals surface area contributed by atoms with E-state index in [0.29, 0.717) is 0 Å². The van der Waals surface area contributed by atoms with Gasteiger partial charge in [0.05, 0.1) is 6.26 Å². The Morgan fingerprint density at radius 2 is 1.60 bits per heavy atom. The molecule has 1 heteroatoms. The summed E-state index contributed by atoms with van der Waals surface area (Å²) < 4.78 is 5.55. The predicted molar refractivity (Wildman–Crippen MR) is 63.1 cm³/mol. The van der Waals surface area contributed by atoms with E-state index in [2.05, 4.69) is 58.1 Å². The molecule has 2 aliphatic rings. The van der Waals surface area contributed by atoms with Crippen molar-refractivity contribution in [1.82, 2.24) is 0 Å². The number of ether oxygens (including phenoxy) is 1. The molecule has 0 aromatic rings. The maximum Gasteiger partial charge on any atom is 0.130 e. The van der Waals surface area contributed by atoms with Gasteiger partial charge in [-0.2, -0.15) is 0 Å². The first-order chi connectivity index (χ1) is 6.91. The van der Waals surface area contributed by atoms with Gasteiger partial charge in [-0.15, -0.1) is 0 Å². The molecule has 0 N–H and O–H groups in total. The summed E-state index contributed by atoms with van der Waals surface area (Å²) in [5, 5.41) is 0. The second-order valence-corrected chi connectivity index (χ2v) is 5.41. The average Bonchev–Trinajstić information content (AvgIpc) is 2.26. The lowest BCUT2D eigenvalue weighted by molar-refractivity contribution is 0.326. The highest BCUT2D eigenvalue weighted by molar-refractivity contribution is 5.42. The van der Waals surface area contributed by atoms with Crippen molar-refractivity contribution in [2.24, 2.45) is 10.8 Å². The number of rotatable bonds is 0. The van der Waals surface area contributed by atoms with Gasteiger partial charge >= 0.3 is 0 Å². The first-order valence-electron chi connectivity index (χ1n) is 5.38. The van der Waals surface area contributed by atoms with E-state index in [1.165, 1.54) is 5.57 Å². The third-order valence-electron chi connectivity index (χ3n) is 2.98. The molecule has 1 aliphatic heterocycles. The van der Waals surface area contributed by atoms with Gasteiger partial charge in [0.1, 0.15) is 5.76 Å². The van der Waals surface area contributed by atoms with Crippen molar-refractivity contribution in [1.29, 1.82) is 0 Å². The van der Waals surface area contributed by atoms with Crippen molar-refractivity contribution in [3.8, 4) is 0 Å². The Labute approximate surface area is 91.8 Å². The molecule has 80 valence electrons. The van der Waals surface area contributed by atoms with Crippen LogP contribution in [0.15, 0.2) is 48.0 Å². The Morgan fingerprint density at radius 3 is 2.33 bits per heavy atom. The van der Waals surface area contributed by atoms with E-state index in [0.717, 1.165) is 5.76 Å². The molecule has 15 heavy (non-hydrogen) atoms. The largest absolute Gasteiger partial charge is 0.465 e. The predicted octanol–water partition coefficient (Wildman–Crippen LogP) is 3.96. The summed E-state index contributed by atoms with van der Waals surface area (Å²) in [7, 11) is 0. The molecule has 0 aromatic carbocycles. The lowest BCUT2D eigenvalue weighted by Gasteiger charge is -2.27. The molecule has 0 saturated heterocycles. The molecule has 0 saturated carbocycles. The van der Waals surface area contributed by atoms with Crippen LogP contribution >= 0.6 is 0 Å². The van der Waals surface area contributed by atoms with Crippen molar-refractivity contribution in [3.05, 3.63) is 48.0 Å². The molecule has 0 fully saturated rings. The van der Waals surface area contributed by atoms with Crippen LogP contribution in [0.3, 0.4) is 0 Å². The van der Waals surface area contributed by atoms with Crippen LogP contribution in [0, 0.1) is 10.8 Å². The second kappa shape index (κ2) is 3.13. The van der Waals surface area contributed by atoms with Crippen LogP contribution in [0.2, 0.25) is 0 Å². The van der Waals surface area contributed by atoms with Crippen molar-refractivity contribution in [2.75, 3.05) is 0 Å². The lowest BCUT2D eigenvalue weighted by atomic mass is 9.82. The van der Waals surface area contributed by atoms with Gasteiger partial charge < -0.3 is 4.74 Å². The van der Waals surface area contributed by atoms with Gasteiger partial charge in [-0.25, -0.2) is 0 Å². The molecular weight excluding hydrogens is 184 g/mol. The van der Waals surface area contributed by atoms with E-state index >= 15 is 0 Å². The summed E-state index contributed by atoms with van der Waals surface area (Å²) in [5.41, 5.74) is 1.43. The SMILES string of the molecule is CC1(C)C=CC2=C(C=C1)C(C)(C)C=CO2. The summed E-state index contributed by atoms with van der Waals surface area (Å²) in [6, 6.07) is 0. The summed E-state index contributed by atoms with van der Waals surface area (Å²) in [6.45, 7) is 8.80. The molecule has 0 atom stereocenters. The Bertz CT molecular complexity index is 390. The Hall–Kier alpha value is -1.24. The molecule has 0 aromatic heterocycles. The zero-order chi connectivity index (χ0) is 11.1. The number of hydrogen-bond acceptors (Lipinski definition) is 1. The van der Waals surface area contributed by atoms with Crippen molar-refractivity contribution in [2.45, 2.75) is 27.7 Å². The molecule has 0 radical (unpaired) electrons. The first-order valence-corrected chi connectivity index (χ1v) is 5.38. The van der Waals surface area contributed by atoms with Crippen molar-refractivity contribution in [3.63, 3.8) is 0 Å². The molecule has 2 rings (SSSR count). The molecule has 1 aliphatic carbocycles. The van der Waals surface area contributed by atoms with Crippen LogP contribution in [0.4, 0.5) is 0 Å². The number of hydrogen-bond donors (Lipinski definition) is 0. The van der Waals surface area contributed by atoms with Gasteiger partial charge in [-0.3, -0.25) is 0 Å². The standard InChI is InChI=1S/C14H18O/c1-13(2)7-5-11-12(6-8-13)15-10-9-14(11,3)4/h5-10H,1-4H3. The zero-order valence-corrected chi connectivity index (χ0v) is 9.87. The van der Waals surface area contributed by atoms with Gasteiger partial charge in [0.2, 0.25) is 0 Å². The van der Waals surface area contributed by atoms with Crippen LogP contribution in [0.5, 0.6) is 0 Å². The fraction of sp³-hybridized carbons (Fsp3) is 0.429. The maximum absolute atomic E-state index is 5.55. The van der Waals surface area contributed by atoms with E-state index in [9.17, 15) is 0 Å². The maximum atomic E-state index is 5.55. The minimum absolute atomic E-state index is 0.0643. The minimum atomic E-state index is 0.0643. The summed E-state index contributed by atoms with van der Waals surface area (Å²) in [4.78, 5) is 0. The second-order valence-electron chi connectivity index (χ2n) is 5.41. The van der Waals surface area contributed by atoms with E-state index in [-0.39, 0.29) is 10.8 Å². The monoisotopic (exact) mass is 202 g/mol. The van der Waals surface area contributed by atoms with E-state index < -0.39 is 0 Å². The Morgan fingerprint density at radius 1 is 0.933 bits per heavy atom. The van der Waals surface area contributed by atoms with Crippen molar-refractivity contribution < 1.29 is 4.74 Å². The van der Waals surface area contributed by atoms with Crippen LogP contribution in [-0.4, -0.2) is 0 Å². The van der Waals surface area contributed by atoms with Crippen LogP contribution in [0.25, 0.3) is 0 Å². The topological polar surface area (TPSA) is 9.23 Å². The van der Waals surface area contributed by atoms with Crippen LogP contribution in [-0.2, 0) is 4.74 Å². The van der Waals surface area contributed by atoms with Gasteiger partial charge in [-0.1, -0.05) is 45.9 Å². The fourth-order valence-corrected chi connectivity index (χ4v) is 1.82. The van der Waals surface area contributed by atoms with Gasteiger partial charge in [-0.05, 0) is 12.2 Å².